The van der Waals surface area contributed by atoms with E-state index in [1.807, 2.05) is 71.9 Å². The van der Waals surface area contributed by atoms with Crippen molar-refractivity contribution in [3.05, 3.63) is 40.8 Å². The van der Waals surface area contributed by atoms with Gasteiger partial charge in [0.2, 0.25) is 12.0 Å². The molecule has 23 heavy (non-hydrogen) atoms. The Morgan fingerprint density at radius 2 is 1.39 bits per heavy atom. The van der Waals surface area contributed by atoms with Gasteiger partial charge in [-0.3, -0.25) is 0 Å². The van der Waals surface area contributed by atoms with Crippen molar-refractivity contribution in [1.29, 1.82) is 0 Å². The molecule has 0 amide bonds. The van der Waals surface area contributed by atoms with Crippen LogP contribution < -0.4 is 0 Å². The second-order valence-electron chi connectivity index (χ2n) is 3.18. The second kappa shape index (κ2) is 28.2. The van der Waals surface area contributed by atoms with Gasteiger partial charge in [0, 0.05) is 12.3 Å². The number of carbonyl (C=O) groups is 2. The average Bonchev–Trinajstić information content (AvgIpc) is 2.66. The van der Waals surface area contributed by atoms with Crippen molar-refractivity contribution in [3.8, 4) is 0 Å². The van der Waals surface area contributed by atoms with Crippen molar-refractivity contribution in [2.45, 2.75) is 53.9 Å². The molecular weight excluding hydrogens is 294 g/mol. The minimum Gasteiger partial charge on any atom is -0.303 e. The van der Waals surface area contributed by atoms with Crippen LogP contribution in [-0.4, -0.2) is 31.7 Å². The number of carbonyl (C=O) groups excluding carboxylic acids is 2. The van der Waals surface area contributed by atoms with E-state index < -0.39 is 0 Å². The highest BCUT2D eigenvalue weighted by Gasteiger charge is 2.07. The highest BCUT2D eigenvalue weighted by Crippen LogP contribution is 2.14. The number of nitrogens with zero attached hydrogens (tertiary/aromatic N) is 1. The molecule has 0 bridgehead atoms. The molecule has 0 N–H and O–H groups in total. The molecule has 0 spiro atoms. The summed E-state index contributed by atoms with van der Waals surface area (Å²) in [5, 5.41) is 0. The van der Waals surface area contributed by atoms with E-state index in [2.05, 4.69) is 4.84 Å². The Balaban J connectivity index is -0.000000138. The minimum atomic E-state index is -0.274. The van der Waals surface area contributed by atoms with Gasteiger partial charge in [0.1, 0.15) is 12.6 Å². The SMILES string of the molecule is CC.CC.CC.CO[N+](C)=O.O=CCC(C=O)c1ccccc1. The first-order valence-electron chi connectivity index (χ1n) is 8.04. The van der Waals surface area contributed by atoms with Gasteiger partial charge in [-0.05, 0) is 5.56 Å². The van der Waals surface area contributed by atoms with Crippen molar-refractivity contribution in [2.75, 3.05) is 14.2 Å². The molecule has 1 aromatic rings. The summed E-state index contributed by atoms with van der Waals surface area (Å²) in [6, 6.07) is 9.30. The Kier molecular flexibility index (Phi) is 35.6. The lowest BCUT2D eigenvalue weighted by molar-refractivity contribution is -0.776. The van der Waals surface area contributed by atoms with Crippen LogP contribution in [0.2, 0.25) is 0 Å². The first-order chi connectivity index (χ1) is 11.2. The second-order valence-corrected chi connectivity index (χ2v) is 3.18. The van der Waals surface area contributed by atoms with E-state index in [1.165, 1.54) is 14.2 Å². The van der Waals surface area contributed by atoms with Crippen LogP contribution in [0.1, 0.15) is 59.4 Å². The standard InChI is InChI=1S/C10H10O2.C2H6NO2.3C2H6/c11-7-6-10(8-12)9-4-2-1-3-5-9;1-3(4)5-2;3*1-2/h1-5,7-8,10H,6H2;1-2H3;3*1-2H3/q;+1;;;. The van der Waals surface area contributed by atoms with Gasteiger partial charge in [0.05, 0.1) is 4.91 Å². The molecule has 1 rings (SSSR count). The van der Waals surface area contributed by atoms with Gasteiger partial charge >= 0.3 is 0 Å². The predicted octanol–water partition coefficient (Wildman–Crippen LogP) is 4.59. The third-order valence-corrected chi connectivity index (χ3v) is 2.00. The maximum absolute atomic E-state index is 10.5. The fourth-order valence-electron chi connectivity index (χ4n) is 1.07. The lowest BCUT2D eigenvalue weighted by atomic mass is 9.98. The predicted molar refractivity (Wildman–Crippen MR) is 96.5 cm³/mol. The van der Waals surface area contributed by atoms with E-state index in [0.717, 1.165) is 18.1 Å². The van der Waals surface area contributed by atoms with Gasteiger partial charge in [0.25, 0.3) is 0 Å². The quantitative estimate of drug-likeness (QED) is 0.585. The van der Waals surface area contributed by atoms with Crippen LogP contribution >= 0.6 is 0 Å². The Morgan fingerprint density at radius 3 is 1.65 bits per heavy atom. The van der Waals surface area contributed by atoms with Crippen LogP contribution in [0.15, 0.2) is 30.3 Å². The Morgan fingerprint density at radius 1 is 1.00 bits per heavy atom. The summed E-state index contributed by atoms with van der Waals surface area (Å²) in [4.78, 5) is 34.6. The van der Waals surface area contributed by atoms with Crippen molar-refractivity contribution in [2.24, 2.45) is 0 Å². The monoisotopic (exact) mass is 328 g/mol. The molecular formula is C18H34NO4+. The summed E-state index contributed by atoms with van der Waals surface area (Å²) in [6.07, 6.45) is 1.85. The van der Waals surface area contributed by atoms with Crippen LogP contribution in [0.5, 0.6) is 0 Å². The molecule has 5 heteroatoms. The third-order valence-electron chi connectivity index (χ3n) is 2.00. The Hall–Kier alpha value is -2.04. The summed E-state index contributed by atoms with van der Waals surface area (Å²) in [6.45, 7) is 12.0. The Bertz CT molecular complexity index is 353. The summed E-state index contributed by atoms with van der Waals surface area (Å²) < 4.78 is 0. The molecule has 134 valence electrons. The molecule has 0 fully saturated rings. The van der Waals surface area contributed by atoms with E-state index in [9.17, 15) is 14.5 Å². The van der Waals surface area contributed by atoms with Gasteiger partial charge < -0.3 is 9.59 Å². The largest absolute Gasteiger partial charge is 0.303 e. The number of aldehydes is 2. The topological polar surface area (TPSA) is 63.5 Å². The van der Waals surface area contributed by atoms with Crippen LogP contribution in [0.25, 0.3) is 0 Å². The van der Waals surface area contributed by atoms with Crippen LogP contribution in [0.3, 0.4) is 0 Å². The number of hydrogen-bond donors (Lipinski definition) is 0. The summed E-state index contributed by atoms with van der Waals surface area (Å²) >= 11 is 0. The normalized spacial score (nSPS) is 8.52. The van der Waals surface area contributed by atoms with E-state index in [-0.39, 0.29) is 12.3 Å². The summed E-state index contributed by atoms with van der Waals surface area (Å²) in [7, 11) is 2.59. The Labute approximate surface area is 141 Å². The molecule has 0 radical (unpaired) electrons. The number of benzene rings is 1. The zero-order chi connectivity index (χ0) is 19.1. The van der Waals surface area contributed by atoms with E-state index in [1.54, 1.807) is 0 Å². The highest BCUT2D eigenvalue weighted by molar-refractivity contribution is 5.68. The molecule has 0 aliphatic carbocycles. The van der Waals surface area contributed by atoms with Crippen molar-refractivity contribution in [3.63, 3.8) is 0 Å². The molecule has 1 aromatic carbocycles. The molecule has 1 atom stereocenters. The first-order valence-corrected chi connectivity index (χ1v) is 8.04. The van der Waals surface area contributed by atoms with E-state index in [4.69, 9.17) is 0 Å². The smallest absolute Gasteiger partial charge is 0.239 e. The van der Waals surface area contributed by atoms with E-state index >= 15 is 0 Å². The lowest BCUT2D eigenvalue weighted by Crippen LogP contribution is -2.00. The molecule has 0 aliphatic heterocycles. The van der Waals surface area contributed by atoms with Crippen molar-refractivity contribution >= 4 is 12.6 Å². The zero-order valence-electron chi connectivity index (χ0n) is 15.9. The maximum Gasteiger partial charge on any atom is 0.239 e. The van der Waals surface area contributed by atoms with Gasteiger partial charge in [-0.1, -0.05) is 71.9 Å². The third kappa shape index (κ3) is 22.4. The van der Waals surface area contributed by atoms with Gasteiger partial charge in [0.15, 0.2) is 7.11 Å². The van der Waals surface area contributed by atoms with Gasteiger partial charge in [-0.2, -0.15) is 0 Å². The zero-order valence-corrected chi connectivity index (χ0v) is 15.9. The highest BCUT2D eigenvalue weighted by atomic mass is 16.7. The van der Waals surface area contributed by atoms with Gasteiger partial charge in [-0.25, -0.2) is 4.84 Å². The molecule has 0 heterocycles. The van der Waals surface area contributed by atoms with Crippen LogP contribution in [0.4, 0.5) is 0 Å². The van der Waals surface area contributed by atoms with Gasteiger partial charge in [-0.15, -0.1) is 0 Å². The number of hydrogen-bond acceptors (Lipinski definition) is 4. The van der Waals surface area contributed by atoms with Crippen molar-refractivity contribution < 1.29 is 19.3 Å². The molecule has 5 nitrogen and oxygen atoms in total. The summed E-state index contributed by atoms with van der Waals surface area (Å²) in [5.74, 6) is -0.274. The number of rotatable bonds is 5. The fourth-order valence-corrected chi connectivity index (χ4v) is 1.07. The van der Waals surface area contributed by atoms with E-state index in [0.29, 0.717) is 4.92 Å². The molecule has 0 saturated heterocycles. The van der Waals surface area contributed by atoms with Crippen LogP contribution in [0, 0.1) is 4.91 Å². The summed E-state index contributed by atoms with van der Waals surface area (Å²) in [5.41, 5.74) is 0.902. The maximum atomic E-state index is 10.5. The van der Waals surface area contributed by atoms with Crippen molar-refractivity contribution in [1.82, 2.24) is 0 Å². The minimum absolute atomic E-state index is 0.271. The molecule has 0 saturated carbocycles. The van der Waals surface area contributed by atoms with Crippen LogP contribution in [-0.2, 0) is 14.4 Å². The lowest BCUT2D eigenvalue weighted by Gasteiger charge is -2.04. The average molecular weight is 328 g/mol. The first kappa shape index (κ1) is 29.0. The molecule has 1 unspecified atom stereocenters. The molecule has 0 aromatic heterocycles. The molecule has 0 aliphatic rings. The fraction of sp³-hybridized carbons (Fsp3) is 0.556.